The van der Waals surface area contributed by atoms with Crippen molar-refractivity contribution in [1.82, 2.24) is 4.90 Å². The first-order chi connectivity index (χ1) is 7.55. The highest BCUT2D eigenvalue weighted by Gasteiger charge is 2.31. The molecule has 1 aromatic carbocycles. The van der Waals surface area contributed by atoms with Crippen molar-refractivity contribution in [3.63, 3.8) is 0 Å². The predicted molar refractivity (Wildman–Crippen MR) is 68.1 cm³/mol. The maximum Gasteiger partial charge on any atom is 0.0233 e. The fraction of sp³-hybridized carbons (Fsp3) is 0.571. The van der Waals surface area contributed by atoms with Gasteiger partial charge in [-0.2, -0.15) is 0 Å². The van der Waals surface area contributed by atoms with Crippen LogP contribution in [-0.2, 0) is 6.54 Å². The number of nitrogens with zero attached hydrogens (tertiary/aromatic N) is 1. The molecule has 2 nitrogen and oxygen atoms in total. The lowest BCUT2D eigenvalue weighted by Gasteiger charge is -2.27. The zero-order chi connectivity index (χ0) is 11.6. The molecule has 1 saturated heterocycles. The SMILES string of the molecule is CC(C)(N)[C@H]1CCN(Cc2ccccc2)C1. The van der Waals surface area contributed by atoms with Crippen LogP contribution in [0.3, 0.4) is 0 Å². The van der Waals surface area contributed by atoms with Gasteiger partial charge in [0.05, 0.1) is 0 Å². The van der Waals surface area contributed by atoms with Crippen LogP contribution in [-0.4, -0.2) is 23.5 Å². The zero-order valence-electron chi connectivity index (χ0n) is 10.3. The molecule has 0 saturated carbocycles. The van der Waals surface area contributed by atoms with Crippen molar-refractivity contribution in [3.8, 4) is 0 Å². The summed E-state index contributed by atoms with van der Waals surface area (Å²) in [4.78, 5) is 2.51. The highest BCUT2D eigenvalue weighted by atomic mass is 15.1. The van der Waals surface area contributed by atoms with Crippen LogP contribution in [0.2, 0.25) is 0 Å². The molecule has 1 heterocycles. The van der Waals surface area contributed by atoms with Gasteiger partial charge in [-0.15, -0.1) is 0 Å². The van der Waals surface area contributed by atoms with Gasteiger partial charge in [-0.05, 0) is 38.3 Å². The van der Waals surface area contributed by atoms with Crippen LogP contribution in [0.1, 0.15) is 25.8 Å². The van der Waals surface area contributed by atoms with Crippen molar-refractivity contribution >= 4 is 0 Å². The van der Waals surface area contributed by atoms with Crippen molar-refractivity contribution in [2.45, 2.75) is 32.4 Å². The average Bonchev–Trinajstić information content (AvgIpc) is 2.67. The van der Waals surface area contributed by atoms with Crippen molar-refractivity contribution < 1.29 is 0 Å². The minimum Gasteiger partial charge on any atom is -0.325 e. The van der Waals surface area contributed by atoms with E-state index in [0.717, 1.165) is 13.1 Å². The lowest BCUT2D eigenvalue weighted by atomic mass is 9.88. The van der Waals surface area contributed by atoms with Crippen LogP contribution in [0, 0.1) is 5.92 Å². The van der Waals surface area contributed by atoms with E-state index in [4.69, 9.17) is 5.73 Å². The number of nitrogens with two attached hydrogens (primary N) is 1. The molecule has 0 aliphatic carbocycles. The molecular formula is C14H22N2. The molecule has 1 aromatic rings. The lowest BCUT2D eigenvalue weighted by Crippen LogP contribution is -2.42. The molecule has 0 spiro atoms. The molecule has 0 amide bonds. The van der Waals surface area contributed by atoms with Gasteiger partial charge >= 0.3 is 0 Å². The van der Waals surface area contributed by atoms with E-state index < -0.39 is 0 Å². The molecular weight excluding hydrogens is 196 g/mol. The third-order valence-corrected chi connectivity index (χ3v) is 3.57. The topological polar surface area (TPSA) is 29.3 Å². The Morgan fingerprint density at radius 3 is 2.56 bits per heavy atom. The van der Waals surface area contributed by atoms with E-state index in [9.17, 15) is 0 Å². The second-order valence-corrected chi connectivity index (χ2v) is 5.53. The van der Waals surface area contributed by atoms with E-state index in [2.05, 4.69) is 49.1 Å². The quantitative estimate of drug-likeness (QED) is 0.843. The fourth-order valence-electron chi connectivity index (χ4n) is 2.43. The molecule has 0 aromatic heterocycles. The molecule has 0 bridgehead atoms. The van der Waals surface area contributed by atoms with Crippen LogP contribution in [0.15, 0.2) is 30.3 Å². The zero-order valence-corrected chi connectivity index (χ0v) is 10.3. The minimum absolute atomic E-state index is 0.0363. The molecule has 2 rings (SSSR count). The third-order valence-electron chi connectivity index (χ3n) is 3.57. The molecule has 1 atom stereocenters. The van der Waals surface area contributed by atoms with Gasteiger partial charge in [0.25, 0.3) is 0 Å². The molecule has 1 aliphatic rings. The lowest BCUT2D eigenvalue weighted by molar-refractivity contribution is 0.276. The maximum absolute atomic E-state index is 6.17. The van der Waals surface area contributed by atoms with Gasteiger partial charge in [-0.25, -0.2) is 0 Å². The first kappa shape index (κ1) is 11.6. The van der Waals surface area contributed by atoms with Gasteiger partial charge in [0, 0.05) is 18.6 Å². The van der Waals surface area contributed by atoms with E-state index >= 15 is 0 Å². The van der Waals surface area contributed by atoms with Crippen molar-refractivity contribution in [1.29, 1.82) is 0 Å². The fourth-order valence-corrected chi connectivity index (χ4v) is 2.43. The first-order valence-corrected chi connectivity index (χ1v) is 6.11. The Kier molecular flexibility index (Phi) is 3.31. The van der Waals surface area contributed by atoms with Crippen molar-refractivity contribution in [2.75, 3.05) is 13.1 Å². The highest BCUT2D eigenvalue weighted by molar-refractivity contribution is 5.14. The van der Waals surface area contributed by atoms with Gasteiger partial charge in [0.2, 0.25) is 0 Å². The molecule has 2 heteroatoms. The number of benzene rings is 1. The summed E-state index contributed by atoms with van der Waals surface area (Å²) in [5.74, 6) is 0.635. The molecule has 88 valence electrons. The van der Waals surface area contributed by atoms with Crippen LogP contribution in [0.4, 0.5) is 0 Å². The Balaban J connectivity index is 1.91. The van der Waals surface area contributed by atoms with Crippen LogP contribution < -0.4 is 5.73 Å². The van der Waals surface area contributed by atoms with Crippen molar-refractivity contribution in [3.05, 3.63) is 35.9 Å². The average molecular weight is 218 g/mol. The Morgan fingerprint density at radius 2 is 2.00 bits per heavy atom. The molecule has 1 aliphatic heterocycles. The molecule has 2 N–H and O–H groups in total. The van der Waals surface area contributed by atoms with E-state index in [1.807, 2.05) is 0 Å². The van der Waals surface area contributed by atoms with Gasteiger partial charge in [0.1, 0.15) is 0 Å². The third kappa shape index (κ3) is 2.83. The first-order valence-electron chi connectivity index (χ1n) is 6.11. The molecule has 1 fully saturated rings. The van der Waals surface area contributed by atoms with Gasteiger partial charge in [-0.3, -0.25) is 4.90 Å². The van der Waals surface area contributed by atoms with E-state index in [0.29, 0.717) is 5.92 Å². The standard InChI is InChI=1S/C14H22N2/c1-14(2,15)13-8-9-16(11-13)10-12-6-4-3-5-7-12/h3-7,13H,8-11,15H2,1-2H3/t13-/m0/s1. The molecule has 0 unspecified atom stereocenters. The highest BCUT2D eigenvalue weighted by Crippen LogP contribution is 2.26. The smallest absolute Gasteiger partial charge is 0.0233 e. The number of hydrogen-bond acceptors (Lipinski definition) is 2. The van der Waals surface area contributed by atoms with Gasteiger partial charge in [0.15, 0.2) is 0 Å². The Morgan fingerprint density at radius 1 is 1.31 bits per heavy atom. The largest absolute Gasteiger partial charge is 0.325 e. The summed E-state index contributed by atoms with van der Waals surface area (Å²) < 4.78 is 0. The van der Waals surface area contributed by atoms with Crippen LogP contribution >= 0.6 is 0 Å². The Labute approximate surface area is 98.4 Å². The number of rotatable bonds is 3. The minimum atomic E-state index is -0.0363. The molecule has 16 heavy (non-hydrogen) atoms. The van der Waals surface area contributed by atoms with E-state index in [1.165, 1.54) is 18.5 Å². The Bertz CT molecular complexity index is 326. The summed E-state index contributed by atoms with van der Waals surface area (Å²) in [5, 5.41) is 0. The van der Waals surface area contributed by atoms with E-state index in [1.54, 1.807) is 0 Å². The second kappa shape index (κ2) is 4.56. The summed E-state index contributed by atoms with van der Waals surface area (Å²) in [6.45, 7) is 7.67. The van der Waals surface area contributed by atoms with Crippen LogP contribution in [0.5, 0.6) is 0 Å². The summed E-state index contributed by atoms with van der Waals surface area (Å²) in [6.07, 6.45) is 1.23. The monoisotopic (exact) mass is 218 g/mol. The van der Waals surface area contributed by atoms with Crippen LogP contribution in [0.25, 0.3) is 0 Å². The Hall–Kier alpha value is -0.860. The summed E-state index contributed by atoms with van der Waals surface area (Å²) >= 11 is 0. The summed E-state index contributed by atoms with van der Waals surface area (Å²) in [7, 11) is 0. The van der Waals surface area contributed by atoms with Gasteiger partial charge < -0.3 is 5.73 Å². The number of hydrogen-bond donors (Lipinski definition) is 1. The van der Waals surface area contributed by atoms with E-state index in [-0.39, 0.29) is 5.54 Å². The van der Waals surface area contributed by atoms with Crippen molar-refractivity contribution in [2.24, 2.45) is 11.7 Å². The second-order valence-electron chi connectivity index (χ2n) is 5.53. The normalized spacial score (nSPS) is 22.6. The summed E-state index contributed by atoms with van der Waals surface area (Å²) in [5.41, 5.74) is 7.53. The maximum atomic E-state index is 6.17. The predicted octanol–water partition coefficient (Wildman–Crippen LogP) is 2.25. The number of likely N-dealkylation sites (tertiary alicyclic amines) is 1. The molecule has 0 radical (unpaired) electrons. The summed E-state index contributed by atoms with van der Waals surface area (Å²) in [6, 6.07) is 10.7. The van der Waals surface area contributed by atoms with Gasteiger partial charge in [-0.1, -0.05) is 30.3 Å².